The number of nitrogens with zero attached hydrogens (tertiary/aromatic N) is 4. The molecule has 0 bridgehead atoms. The van der Waals surface area contributed by atoms with Crippen molar-refractivity contribution < 1.29 is 8.94 Å². The lowest BCUT2D eigenvalue weighted by Gasteiger charge is -2.09. The van der Waals surface area contributed by atoms with E-state index in [1.54, 1.807) is 28.7 Å². The summed E-state index contributed by atoms with van der Waals surface area (Å²) in [5.41, 5.74) is 2.73. The zero-order valence-electron chi connectivity index (χ0n) is 17.4. The number of fused-ring (bicyclic) bond motifs is 1. The zero-order valence-corrected chi connectivity index (χ0v) is 19.0. The highest BCUT2D eigenvalue weighted by molar-refractivity contribution is 7.98. The highest BCUT2D eigenvalue weighted by Gasteiger charge is 2.17. The lowest BCUT2D eigenvalue weighted by atomic mass is 10.2. The molecule has 8 nitrogen and oxygen atoms in total. The Morgan fingerprint density at radius 1 is 1.16 bits per heavy atom. The van der Waals surface area contributed by atoms with Crippen LogP contribution in [-0.2, 0) is 12.3 Å². The second-order valence-corrected chi connectivity index (χ2v) is 8.93. The van der Waals surface area contributed by atoms with Gasteiger partial charge in [0.15, 0.2) is 5.16 Å². The van der Waals surface area contributed by atoms with Crippen molar-refractivity contribution in [3.05, 3.63) is 76.4 Å². The van der Waals surface area contributed by atoms with E-state index in [2.05, 4.69) is 15.1 Å². The van der Waals surface area contributed by atoms with E-state index in [0.717, 1.165) is 11.3 Å². The molecular formula is C22H19N5O3S2. The average Bonchev–Trinajstić information content (AvgIpc) is 3.56. The number of benzene rings is 1. The van der Waals surface area contributed by atoms with E-state index in [1.165, 1.54) is 16.7 Å². The molecule has 1 aromatic carbocycles. The van der Waals surface area contributed by atoms with Gasteiger partial charge in [-0.25, -0.2) is 4.98 Å². The highest BCUT2D eigenvalue weighted by Crippen LogP contribution is 2.25. The SMILES string of the molecule is CSc1ccc(-c2noc(CSc3nc4cc(C)[nH]c4c(=O)n3Cc3ccco3)n2)cc1. The monoisotopic (exact) mass is 465 g/mol. The van der Waals surface area contributed by atoms with Gasteiger partial charge in [-0.15, -0.1) is 11.8 Å². The number of aryl methyl sites for hydroxylation is 1. The van der Waals surface area contributed by atoms with E-state index in [4.69, 9.17) is 13.9 Å². The molecule has 4 heterocycles. The topological polar surface area (TPSA) is 103 Å². The normalized spacial score (nSPS) is 11.4. The van der Waals surface area contributed by atoms with Gasteiger partial charge >= 0.3 is 0 Å². The predicted octanol–water partition coefficient (Wildman–Crippen LogP) is 4.74. The van der Waals surface area contributed by atoms with Crippen LogP contribution in [0, 0.1) is 6.92 Å². The van der Waals surface area contributed by atoms with Gasteiger partial charge in [0.25, 0.3) is 5.56 Å². The molecule has 10 heteroatoms. The van der Waals surface area contributed by atoms with Crippen LogP contribution in [0.3, 0.4) is 0 Å². The van der Waals surface area contributed by atoms with Gasteiger partial charge in [-0.3, -0.25) is 9.36 Å². The molecule has 0 radical (unpaired) electrons. The van der Waals surface area contributed by atoms with Crippen LogP contribution in [0.4, 0.5) is 0 Å². The summed E-state index contributed by atoms with van der Waals surface area (Å²) in [5, 5.41) is 4.65. The summed E-state index contributed by atoms with van der Waals surface area (Å²) in [4.78, 5) is 26.6. The Bertz CT molecular complexity index is 1420. The summed E-state index contributed by atoms with van der Waals surface area (Å²) < 4.78 is 12.5. The Labute approximate surface area is 191 Å². The van der Waals surface area contributed by atoms with Crippen LogP contribution < -0.4 is 5.56 Å². The minimum atomic E-state index is -0.151. The molecule has 0 unspecified atom stereocenters. The molecule has 0 saturated heterocycles. The summed E-state index contributed by atoms with van der Waals surface area (Å²) in [6.07, 6.45) is 3.62. The van der Waals surface area contributed by atoms with Crippen molar-refractivity contribution in [1.29, 1.82) is 0 Å². The molecule has 0 aliphatic rings. The molecule has 0 aliphatic carbocycles. The van der Waals surface area contributed by atoms with Crippen molar-refractivity contribution >= 4 is 34.6 Å². The standard InChI is InChI=1S/C22H19N5O3S2/c1-13-10-17-19(23-13)21(28)27(11-15-4-3-9-29-15)22(24-17)32-12-18-25-20(26-30-18)14-5-7-16(31-2)8-6-14/h3-10,23H,11-12H2,1-2H3. The van der Waals surface area contributed by atoms with E-state index in [-0.39, 0.29) is 12.1 Å². The number of hydrogen-bond donors (Lipinski definition) is 1. The summed E-state index contributed by atoms with van der Waals surface area (Å²) in [6.45, 7) is 2.18. The average molecular weight is 466 g/mol. The van der Waals surface area contributed by atoms with E-state index in [1.807, 2.05) is 49.6 Å². The van der Waals surface area contributed by atoms with E-state index >= 15 is 0 Å². The maximum atomic E-state index is 13.1. The van der Waals surface area contributed by atoms with Gasteiger partial charge in [0, 0.05) is 16.2 Å². The quantitative estimate of drug-likeness (QED) is 0.272. The van der Waals surface area contributed by atoms with Gasteiger partial charge in [-0.2, -0.15) is 4.98 Å². The summed E-state index contributed by atoms with van der Waals surface area (Å²) in [6, 6.07) is 13.5. The molecule has 0 aliphatic heterocycles. The van der Waals surface area contributed by atoms with E-state index < -0.39 is 0 Å². The molecule has 1 N–H and O–H groups in total. The Kier molecular flexibility index (Phi) is 5.62. The highest BCUT2D eigenvalue weighted by atomic mass is 32.2. The largest absolute Gasteiger partial charge is 0.467 e. The third kappa shape index (κ3) is 4.11. The first-order valence-corrected chi connectivity index (χ1v) is 12.0. The fourth-order valence-electron chi connectivity index (χ4n) is 3.32. The molecule has 0 fully saturated rings. The predicted molar refractivity (Wildman–Crippen MR) is 124 cm³/mol. The molecule has 162 valence electrons. The first-order valence-electron chi connectivity index (χ1n) is 9.83. The summed E-state index contributed by atoms with van der Waals surface area (Å²) in [7, 11) is 0. The van der Waals surface area contributed by atoms with Crippen molar-refractivity contribution in [2.24, 2.45) is 0 Å². The van der Waals surface area contributed by atoms with Crippen molar-refractivity contribution in [2.45, 2.75) is 29.3 Å². The lowest BCUT2D eigenvalue weighted by molar-refractivity contribution is 0.391. The summed E-state index contributed by atoms with van der Waals surface area (Å²) >= 11 is 3.05. The van der Waals surface area contributed by atoms with Crippen LogP contribution in [-0.4, -0.2) is 30.9 Å². The third-order valence-electron chi connectivity index (χ3n) is 4.87. The Hall–Kier alpha value is -3.24. The number of aromatic nitrogens is 5. The van der Waals surface area contributed by atoms with Crippen LogP contribution >= 0.6 is 23.5 Å². The number of hydrogen-bond acceptors (Lipinski definition) is 8. The fourth-order valence-corrected chi connectivity index (χ4v) is 4.56. The molecular weight excluding hydrogens is 446 g/mol. The van der Waals surface area contributed by atoms with Crippen LogP contribution in [0.15, 0.2) is 72.5 Å². The van der Waals surface area contributed by atoms with Crippen molar-refractivity contribution in [1.82, 2.24) is 24.7 Å². The van der Waals surface area contributed by atoms with Crippen LogP contribution in [0.2, 0.25) is 0 Å². The summed E-state index contributed by atoms with van der Waals surface area (Å²) in [5.74, 6) is 2.05. The van der Waals surface area contributed by atoms with Gasteiger partial charge in [-0.1, -0.05) is 16.9 Å². The Balaban J connectivity index is 1.42. The number of rotatable bonds is 7. The molecule has 0 amide bonds. The first-order chi connectivity index (χ1) is 15.6. The van der Waals surface area contributed by atoms with Gasteiger partial charge < -0.3 is 13.9 Å². The van der Waals surface area contributed by atoms with Crippen molar-refractivity contribution in [2.75, 3.05) is 6.26 Å². The number of H-pyrrole nitrogens is 1. The second kappa shape index (κ2) is 8.71. The molecule has 0 saturated carbocycles. The van der Waals surface area contributed by atoms with Crippen LogP contribution in [0.5, 0.6) is 0 Å². The Morgan fingerprint density at radius 2 is 2.00 bits per heavy atom. The van der Waals surface area contributed by atoms with Crippen LogP contribution in [0.25, 0.3) is 22.4 Å². The molecule has 32 heavy (non-hydrogen) atoms. The number of thioether (sulfide) groups is 2. The fraction of sp³-hybridized carbons (Fsp3) is 0.182. The van der Waals surface area contributed by atoms with Gasteiger partial charge in [0.05, 0.1) is 24.1 Å². The van der Waals surface area contributed by atoms with Crippen LogP contribution in [0.1, 0.15) is 17.3 Å². The number of aromatic amines is 1. The number of nitrogens with one attached hydrogen (secondary N) is 1. The van der Waals surface area contributed by atoms with E-state index in [0.29, 0.717) is 39.4 Å². The minimum absolute atomic E-state index is 0.151. The minimum Gasteiger partial charge on any atom is -0.467 e. The van der Waals surface area contributed by atoms with Gasteiger partial charge in [-0.05, 0) is 55.6 Å². The maximum Gasteiger partial charge on any atom is 0.278 e. The molecule has 5 aromatic rings. The smallest absolute Gasteiger partial charge is 0.278 e. The second-order valence-electron chi connectivity index (χ2n) is 7.11. The maximum absolute atomic E-state index is 13.1. The van der Waals surface area contributed by atoms with Gasteiger partial charge in [0.1, 0.15) is 11.3 Å². The van der Waals surface area contributed by atoms with Crippen molar-refractivity contribution in [3.63, 3.8) is 0 Å². The Morgan fingerprint density at radius 3 is 2.75 bits per heavy atom. The van der Waals surface area contributed by atoms with Crippen molar-refractivity contribution in [3.8, 4) is 11.4 Å². The third-order valence-corrected chi connectivity index (χ3v) is 6.58. The molecule has 4 aromatic heterocycles. The van der Waals surface area contributed by atoms with E-state index in [9.17, 15) is 4.79 Å². The molecule has 0 spiro atoms. The molecule has 0 atom stereocenters. The molecule has 5 rings (SSSR count). The zero-order chi connectivity index (χ0) is 22.1. The first kappa shape index (κ1) is 20.7. The van der Waals surface area contributed by atoms with Gasteiger partial charge in [0.2, 0.25) is 11.7 Å². The number of furan rings is 1. The lowest BCUT2D eigenvalue weighted by Crippen LogP contribution is -2.23.